The van der Waals surface area contributed by atoms with Gasteiger partial charge in [0.2, 0.25) is 5.78 Å². The Kier molecular flexibility index (Phi) is 5.27. The fourth-order valence-electron chi connectivity index (χ4n) is 1.92. The van der Waals surface area contributed by atoms with Gasteiger partial charge in [-0.05, 0) is 24.5 Å². The minimum atomic E-state index is -0.758. The Morgan fingerprint density at radius 1 is 0.905 bits per heavy atom. The minimum Gasteiger partial charge on any atom is -0.455 e. The Morgan fingerprint density at radius 2 is 1.57 bits per heavy atom. The quantitative estimate of drug-likeness (QED) is 0.603. The van der Waals surface area contributed by atoms with Gasteiger partial charge >= 0.3 is 5.97 Å². The molecule has 0 aromatic heterocycles. The highest BCUT2D eigenvalue weighted by molar-refractivity contribution is 6.33. The first-order valence-electron chi connectivity index (χ1n) is 6.94. The number of rotatable bonds is 6. The molecule has 0 unspecified atom stereocenters. The number of esters is 1. The van der Waals surface area contributed by atoms with Crippen molar-refractivity contribution in [2.24, 2.45) is 0 Å². The molecule has 0 saturated carbocycles. The minimum absolute atomic E-state index is 0.135. The van der Waals surface area contributed by atoms with Gasteiger partial charge in [-0.3, -0.25) is 4.79 Å². The van der Waals surface area contributed by atoms with Crippen LogP contribution in [-0.4, -0.2) is 11.8 Å². The van der Waals surface area contributed by atoms with Crippen LogP contribution in [0, 0.1) is 6.92 Å². The Bertz CT molecular complexity index is 600. The third kappa shape index (κ3) is 4.88. The van der Waals surface area contributed by atoms with Gasteiger partial charge in [0, 0.05) is 6.42 Å². The maximum atomic E-state index is 11.7. The summed E-state index contributed by atoms with van der Waals surface area (Å²) >= 11 is 0. The van der Waals surface area contributed by atoms with E-state index < -0.39 is 11.8 Å². The van der Waals surface area contributed by atoms with Gasteiger partial charge in [-0.15, -0.1) is 0 Å². The molecule has 0 atom stereocenters. The molecule has 0 aliphatic heterocycles. The molecule has 108 valence electrons. The van der Waals surface area contributed by atoms with Crippen LogP contribution in [0.3, 0.4) is 0 Å². The van der Waals surface area contributed by atoms with Crippen LogP contribution in [0.25, 0.3) is 0 Å². The number of hydrogen-bond donors (Lipinski definition) is 0. The molecule has 3 heteroatoms. The second-order valence-electron chi connectivity index (χ2n) is 4.97. The first kappa shape index (κ1) is 15.0. The van der Waals surface area contributed by atoms with Crippen LogP contribution in [0.4, 0.5) is 0 Å². The molecular formula is C18H18O3. The van der Waals surface area contributed by atoms with Gasteiger partial charge in [0.1, 0.15) is 6.61 Å². The van der Waals surface area contributed by atoms with Crippen LogP contribution in [-0.2, 0) is 27.4 Å². The third-order valence-corrected chi connectivity index (χ3v) is 3.20. The zero-order valence-corrected chi connectivity index (χ0v) is 12.0. The maximum absolute atomic E-state index is 11.7. The molecular weight excluding hydrogens is 264 g/mol. The summed E-state index contributed by atoms with van der Waals surface area (Å²) in [5.74, 6) is -1.24. The highest BCUT2D eigenvalue weighted by atomic mass is 16.5. The number of Topliss-reactive ketones (excluding diaryl/α,β-unsaturated/α-hetero) is 1. The summed E-state index contributed by atoms with van der Waals surface area (Å²) in [6.07, 6.45) is 0.732. The largest absolute Gasteiger partial charge is 0.455 e. The lowest BCUT2D eigenvalue weighted by Crippen LogP contribution is -2.17. The van der Waals surface area contributed by atoms with E-state index in [0.717, 1.165) is 11.1 Å². The number of carbonyl (C=O) groups is 2. The lowest BCUT2D eigenvalue weighted by molar-refractivity contribution is -0.154. The molecule has 2 aromatic carbocycles. The van der Waals surface area contributed by atoms with Gasteiger partial charge in [0.25, 0.3) is 0 Å². The molecule has 0 amide bonds. The zero-order valence-electron chi connectivity index (χ0n) is 12.0. The van der Waals surface area contributed by atoms with Gasteiger partial charge in [0.15, 0.2) is 0 Å². The van der Waals surface area contributed by atoms with Crippen molar-refractivity contribution in [1.29, 1.82) is 0 Å². The van der Waals surface area contributed by atoms with Gasteiger partial charge in [-0.25, -0.2) is 4.79 Å². The van der Waals surface area contributed by atoms with Crippen molar-refractivity contribution < 1.29 is 14.3 Å². The van der Waals surface area contributed by atoms with Gasteiger partial charge in [-0.1, -0.05) is 60.2 Å². The lowest BCUT2D eigenvalue weighted by atomic mass is 10.1. The van der Waals surface area contributed by atoms with Gasteiger partial charge < -0.3 is 4.74 Å². The molecule has 0 aliphatic carbocycles. The highest BCUT2D eigenvalue weighted by Crippen LogP contribution is 2.07. The molecule has 0 radical (unpaired) electrons. The monoisotopic (exact) mass is 282 g/mol. The molecule has 2 rings (SSSR count). The van der Waals surface area contributed by atoms with Gasteiger partial charge in [-0.2, -0.15) is 0 Å². The first-order chi connectivity index (χ1) is 10.1. The summed E-state index contributed by atoms with van der Waals surface area (Å²) in [6, 6.07) is 17.2. The van der Waals surface area contributed by atoms with Crippen LogP contribution in [0.2, 0.25) is 0 Å². The van der Waals surface area contributed by atoms with E-state index in [1.54, 1.807) is 0 Å². The van der Waals surface area contributed by atoms with E-state index in [9.17, 15) is 9.59 Å². The van der Waals surface area contributed by atoms with Crippen molar-refractivity contribution in [3.63, 3.8) is 0 Å². The summed E-state index contributed by atoms with van der Waals surface area (Å²) in [5, 5.41) is 0. The molecule has 0 heterocycles. The molecule has 0 N–H and O–H groups in total. The van der Waals surface area contributed by atoms with E-state index in [1.807, 2.05) is 61.5 Å². The number of ether oxygens (including phenoxy) is 1. The summed E-state index contributed by atoms with van der Waals surface area (Å²) in [4.78, 5) is 23.3. The standard InChI is InChI=1S/C18H18O3/c1-14-7-9-15(10-8-14)11-12-17(19)18(20)21-13-16-5-3-2-4-6-16/h2-10H,11-13H2,1H3. The van der Waals surface area contributed by atoms with Crippen molar-refractivity contribution in [3.8, 4) is 0 Å². The van der Waals surface area contributed by atoms with E-state index >= 15 is 0 Å². The SMILES string of the molecule is Cc1ccc(CCC(=O)C(=O)OCc2ccccc2)cc1. The van der Waals surface area contributed by atoms with Crippen molar-refractivity contribution in [3.05, 3.63) is 71.3 Å². The van der Waals surface area contributed by atoms with Crippen LogP contribution in [0.5, 0.6) is 0 Å². The van der Waals surface area contributed by atoms with Crippen molar-refractivity contribution in [2.45, 2.75) is 26.4 Å². The molecule has 0 spiro atoms. The number of hydrogen-bond acceptors (Lipinski definition) is 3. The summed E-state index contributed by atoms with van der Waals surface area (Å²) in [7, 11) is 0. The summed E-state index contributed by atoms with van der Waals surface area (Å²) in [5.41, 5.74) is 3.09. The smallest absolute Gasteiger partial charge is 0.374 e. The van der Waals surface area contributed by atoms with Crippen molar-refractivity contribution in [1.82, 2.24) is 0 Å². The predicted molar refractivity (Wildman–Crippen MR) is 80.7 cm³/mol. The average molecular weight is 282 g/mol. The topological polar surface area (TPSA) is 43.4 Å². The number of aryl methyl sites for hydroxylation is 2. The number of ketones is 1. The van der Waals surface area contributed by atoms with Crippen LogP contribution in [0.15, 0.2) is 54.6 Å². The Labute approximate surface area is 124 Å². The molecule has 0 fully saturated rings. The predicted octanol–water partition coefficient (Wildman–Crippen LogP) is 3.24. The summed E-state index contributed by atoms with van der Waals surface area (Å²) in [6.45, 7) is 2.14. The van der Waals surface area contributed by atoms with Crippen molar-refractivity contribution in [2.75, 3.05) is 0 Å². The Morgan fingerprint density at radius 3 is 2.24 bits per heavy atom. The number of carbonyl (C=O) groups excluding carboxylic acids is 2. The molecule has 3 nitrogen and oxygen atoms in total. The lowest BCUT2D eigenvalue weighted by Gasteiger charge is -2.04. The third-order valence-electron chi connectivity index (χ3n) is 3.20. The van der Waals surface area contributed by atoms with Gasteiger partial charge in [0.05, 0.1) is 0 Å². The second kappa shape index (κ2) is 7.39. The molecule has 0 bridgehead atoms. The molecule has 2 aromatic rings. The van der Waals surface area contributed by atoms with Crippen molar-refractivity contribution >= 4 is 11.8 Å². The summed E-state index contributed by atoms with van der Waals surface area (Å²) < 4.78 is 5.01. The average Bonchev–Trinajstić information content (AvgIpc) is 2.52. The Balaban J connectivity index is 1.77. The van der Waals surface area contributed by atoms with E-state index in [-0.39, 0.29) is 13.0 Å². The van der Waals surface area contributed by atoms with Crippen LogP contribution in [0.1, 0.15) is 23.1 Å². The fraction of sp³-hybridized carbons (Fsp3) is 0.222. The second-order valence-corrected chi connectivity index (χ2v) is 4.97. The maximum Gasteiger partial charge on any atom is 0.374 e. The fourth-order valence-corrected chi connectivity index (χ4v) is 1.92. The zero-order chi connectivity index (χ0) is 15.1. The molecule has 0 saturated heterocycles. The number of benzene rings is 2. The van der Waals surface area contributed by atoms with E-state index in [4.69, 9.17) is 4.74 Å². The van der Waals surface area contributed by atoms with E-state index in [1.165, 1.54) is 5.56 Å². The normalized spacial score (nSPS) is 10.1. The first-order valence-corrected chi connectivity index (χ1v) is 6.94. The Hall–Kier alpha value is -2.42. The van der Waals surface area contributed by atoms with Crippen LogP contribution >= 0.6 is 0 Å². The van der Waals surface area contributed by atoms with Crippen LogP contribution < -0.4 is 0 Å². The molecule has 21 heavy (non-hydrogen) atoms. The molecule has 0 aliphatic rings. The van der Waals surface area contributed by atoms with E-state index in [0.29, 0.717) is 6.42 Å². The van der Waals surface area contributed by atoms with E-state index in [2.05, 4.69) is 0 Å². The highest BCUT2D eigenvalue weighted by Gasteiger charge is 2.15.